The van der Waals surface area contributed by atoms with Crippen molar-refractivity contribution in [3.8, 4) is 0 Å². The number of pyridine rings is 1. The van der Waals surface area contributed by atoms with Gasteiger partial charge in [0.15, 0.2) is 0 Å². The van der Waals surface area contributed by atoms with E-state index in [1.165, 1.54) is 17.4 Å². The monoisotopic (exact) mass is 457 g/mol. The standard InChI is InChI=1S/C25H35N3O3S/c1-19-6-5-7-21(16-19)20-9-11-23(12-10-20)31-18-22-17-28(25-8-3-4-14-26-25)15-13-24(22)27-32(2,29)30/h3-8,14,16,20,22-24,27H,9-13,15,17-18H2,1-2H3. The van der Waals surface area contributed by atoms with Gasteiger partial charge >= 0.3 is 0 Å². The summed E-state index contributed by atoms with van der Waals surface area (Å²) in [5.41, 5.74) is 2.76. The second-order valence-corrected chi connectivity index (χ2v) is 11.2. The number of aromatic nitrogens is 1. The van der Waals surface area contributed by atoms with Gasteiger partial charge in [-0.2, -0.15) is 0 Å². The number of hydrogen-bond donors (Lipinski definition) is 1. The predicted octanol–water partition coefficient (Wildman–Crippen LogP) is 3.88. The van der Waals surface area contributed by atoms with Crippen molar-refractivity contribution < 1.29 is 13.2 Å². The Kier molecular flexibility index (Phi) is 7.48. The molecule has 0 amide bonds. The van der Waals surface area contributed by atoms with E-state index in [9.17, 15) is 8.42 Å². The Hall–Kier alpha value is -1.96. The van der Waals surface area contributed by atoms with E-state index in [0.29, 0.717) is 12.5 Å². The molecule has 174 valence electrons. The van der Waals surface area contributed by atoms with Gasteiger partial charge in [0.2, 0.25) is 10.0 Å². The summed E-state index contributed by atoms with van der Waals surface area (Å²) in [7, 11) is -3.26. The summed E-state index contributed by atoms with van der Waals surface area (Å²) in [6, 6.07) is 14.7. The Morgan fingerprint density at radius 3 is 2.59 bits per heavy atom. The second-order valence-electron chi connectivity index (χ2n) is 9.40. The first kappa shape index (κ1) is 23.2. The molecule has 1 saturated heterocycles. The molecule has 0 spiro atoms. The van der Waals surface area contributed by atoms with Crippen molar-refractivity contribution in [2.24, 2.45) is 5.92 Å². The van der Waals surface area contributed by atoms with Gasteiger partial charge in [-0.25, -0.2) is 18.1 Å². The number of benzene rings is 1. The Bertz CT molecular complexity index is 975. The van der Waals surface area contributed by atoms with E-state index in [1.807, 2.05) is 18.2 Å². The van der Waals surface area contributed by atoms with Gasteiger partial charge in [0.25, 0.3) is 0 Å². The Morgan fingerprint density at radius 1 is 1.09 bits per heavy atom. The highest BCUT2D eigenvalue weighted by Gasteiger charge is 2.33. The molecule has 2 fully saturated rings. The summed E-state index contributed by atoms with van der Waals surface area (Å²) in [5.74, 6) is 1.65. The average Bonchev–Trinajstić information content (AvgIpc) is 2.78. The lowest BCUT2D eigenvalue weighted by molar-refractivity contribution is -0.00213. The van der Waals surface area contributed by atoms with Crippen LogP contribution in [0.3, 0.4) is 0 Å². The number of sulfonamides is 1. The second kappa shape index (κ2) is 10.3. The molecule has 1 aromatic heterocycles. The van der Waals surface area contributed by atoms with Gasteiger partial charge in [0.05, 0.1) is 19.0 Å². The third-order valence-electron chi connectivity index (χ3n) is 6.81. The van der Waals surface area contributed by atoms with E-state index in [4.69, 9.17) is 4.74 Å². The van der Waals surface area contributed by atoms with E-state index in [0.717, 1.165) is 51.0 Å². The van der Waals surface area contributed by atoms with Crippen LogP contribution in [-0.4, -0.2) is 51.5 Å². The zero-order valence-corrected chi connectivity index (χ0v) is 19.9. The molecule has 7 heteroatoms. The molecule has 1 aliphatic carbocycles. The molecule has 2 aromatic rings. The lowest BCUT2D eigenvalue weighted by Gasteiger charge is -2.40. The molecular formula is C25H35N3O3S. The minimum absolute atomic E-state index is 0.0926. The van der Waals surface area contributed by atoms with Crippen LogP contribution in [0.2, 0.25) is 0 Å². The lowest BCUT2D eigenvalue weighted by atomic mass is 9.82. The molecule has 1 N–H and O–H groups in total. The molecule has 2 atom stereocenters. The highest BCUT2D eigenvalue weighted by molar-refractivity contribution is 7.88. The molecule has 1 aliphatic heterocycles. The van der Waals surface area contributed by atoms with E-state index in [1.54, 1.807) is 6.20 Å². The Morgan fingerprint density at radius 2 is 1.91 bits per heavy atom. The fourth-order valence-corrected chi connectivity index (χ4v) is 5.99. The van der Waals surface area contributed by atoms with Gasteiger partial charge in [-0.1, -0.05) is 35.9 Å². The number of anilines is 1. The van der Waals surface area contributed by atoms with E-state index in [2.05, 4.69) is 45.8 Å². The minimum atomic E-state index is -3.26. The number of ether oxygens (including phenoxy) is 1. The topological polar surface area (TPSA) is 71.5 Å². The molecule has 0 bridgehead atoms. The third kappa shape index (κ3) is 6.30. The number of nitrogens with one attached hydrogen (secondary N) is 1. The van der Waals surface area contributed by atoms with Crippen LogP contribution in [0.25, 0.3) is 0 Å². The number of aryl methyl sites for hydroxylation is 1. The average molecular weight is 458 g/mol. The molecular weight excluding hydrogens is 422 g/mol. The van der Waals surface area contributed by atoms with Crippen molar-refractivity contribution in [2.45, 2.75) is 57.1 Å². The molecule has 2 unspecified atom stereocenters. The Labute approximate surface area is 192 Å². The summed E-state index contributed by atoms with van der Waals surface area (Å²) in [6.45, 7) is 4.24. The van der Waals surface area contributed by atoms with Crippen molar-refractivity contribution >= 4 is 15.8 Å². The SMILES string of the molecule is Cc1cccc(C2CCC(OCC3CN(c4ccccn4)CCC3NS(C)(=O)=O)CC2)c1. The van der Waals surface area contributed by atoms with Crippen LogP contribution in [-0.2, 0) is 14.8 Å². The summed E-state index contributed by atoms with van der Waals surface area (Å²) in [4.78, 5) is 6.72. The lowest BCUT2D eigenvalue weighted by Crippen LogP contribution is -2.52. The highest BCUT2D eigenvalue weighted by Crippen LogP contribution is 2.35. The van der Waals surface area contributed by atoms with Crippen molar-refractivity contribution in [1.82, 2.24) is 9.71 Å². The zero-order chi connectivity index (χ0) is 22.6. The first-order valence-corrected chi connectivity index (χ1v) is 13.6. The van der Waals surface area contributed by atoms with Gasteiger partial charge < -0.3 is 9.64 Å². The number of rotatable bonds is 7. The van der Waals surface area contributed by atoms with E-state index >= 15 is 0 Å². The largest absolute Gasteiger partial charge is 0.378 e. The normalized spacial score (nSPS) is 26.8. The smallest absolute Gasteiger partial charge is 0.208 e. The van der Waals surface area contributed by atoms with Gasteiger partial charge in [-0.05, 0) is 62.6 Å². The number of hydrogen-bond acceptors (Lipinski definition) is 5. The van der Waals surface area contributed by atoms with Crippen LogP contribution in [0.5, 0.6) is 0 Å². The minimum Gasteiger partial charge on any atom is -0.378 e. The molecule has 1 aromatic carbocycles. The van der Waals surface area contributed by atoms with E-state index in [-0.39, 0.29) is 18.1 Å². The van der Waals surface area contributed by atoms with Gasteiger partial charge in [0, 0.05) is 31.2 Å². The summed E-state index contributed by atoms with van der Waals surface area (Å²) in [5, 5.41) is 0. The zero-order valence-electron chi connectivity index (χ0n) is 19.1. The maximum atomic E-state index is 11.9. The number of nitrogens with zero attached hydrogens (tertiary/aromatic N) is 2. The van der Waals surface area contributed by atoms with Crippen LogP contribution < -0.4 is 9.62 Å². The fraction of sp³-hybridized carbons (Fsp3) is 0.560. The molecule has 4 rings (SSSR count). The number of piperidine rings is 1. The van der Waals surface area contributed by atoms with Crippen LogP contribution >= 0.6 is 0 Å². The van der Waals surface area contributed by atoms with E-state index < -0.39 is 10.0 Å². The van der Waals surface area contributed by atoms with Gasteiger partial charge in [-0.15, -0.1) is 0 Å². The van der Waals surface area contributed by atoms with Crippen molar-refractivity contribution in [3.05, 3.63) is 59.8 Å². The predicted molar refractivity (Wildman–Crippen MR) is 128 cm³/mol. The van der Waals surface area contributed by atoms with Crippen LogP contribution in [0.1, 0.15) is 49.1 Å². The molecule has 0 radical (unpaired) electrons. The molecule has 2 heterocycles. The summed E-state index contributed by atoms with van der Waals surface area (Å²) in [6.07, 6.45) is 8.43. The van der Waals surface area contributed by atoms with Crippen LogP contribution in [0.4, 0.5) is 5.82 Å². The molecule has 2 aliphatic rings. The molecule has 1 saturated carbocycles. The third-order valence-corrected chi connectivity index (χ3v) is 7.54. The Balaban J connectivity index is 1.34. The maximum Gasteiger partial charge on any atom is 0.208 e. The van der Waals surface area contributed by atoms with Gasteiger partial charge in [-0.3, -0.25) is 0 Å². The molecule has 32 heavy (non-hydrogen) atoms. The van der Waals surface area contributed by atoms with Crippen molar-refractivity contribution in [2.75, 3.05) is 30.9 Å². The first-order chi connectivity index (χ1) is 15.4. The highest BCUT2D eigenvalue weighted by atomic mass is 32.2. The van der Waals surface area contributed by atoms with Crippen LogP contribution in [0.15, 0.2) is 48.7 Å². The summed E-state index contributed by atoms with van der Waals surface area (Å²) >= 11 is 0. The van der Waals surface area contributed by atoms with Crippen molar-refractivity contribution in [3.63, 3.8) is 0 Å². The summed E-state index contributed by atoms with van der Waals surface area (Å²) < 4.78 is 33.1. The van der Waals surface area contributed by atoms with Gasteiger partial charge in [0.1, 0.15) is 5.82 Å². The fourth-order valence-electron chi connectivity index (χ4n) is 5.13. The quantitative estimate of drug-likeness (QED) is 0.683. The first-order valence-electron chi connectivity index (χ1n) is 11.7. The maximum absolute atomic E-state index is 11.9. The molecule has 6 nitrogen and oxygen atoms in total. The van der Waals surface area contributed by atoms with Crippen LogP contribution in [0, 0.1) is 12.8 Å². The van der Waals surface area contributed by atoms with Crippen molar-refractivity contribution in [1.29, 1.82) is 0 Å².